The Morgan fingerprint density at radius 2 is 2.00 bits per heavy atom. The van der Waals surface area contributed by atoms with E-state index < -0.39 is 5.97 Å². The highest BCUT2D eigenvalue weighted by Crippen LogP contribution is 2.34. The lowest BCUT2D eigenvalue weighted by Crippen LogP contribution is -1.96. The van der Waals surface area contributed by atoms with E-state index in [0.717, 1.165) is 0 Å². The van der Waals surface area contributed by atoms with Crippen molar-refractivity contribution in [3.05, 3.63) is 52.5 Å². The first-order valence-electron chi connectivity index (χ1n) is 5.29. The molecule has 2 N–H and O–H groups in total. The summed E-state index contributed by atoms with van der Waals surface area (Å²) < 4.78 is 0. The molecule has 0 unspecified atom stereocenters. The fraction of sp³-hybridized carbons (Fsp3) is 0. The van der Waals surface area contributed by atoms with Crippen LogP contribution in [0.2, 0.25) is 5.02 Å². The molecular formula is C14H8ClNO3. The lowest BCUT2D eigenvalue weighted by Gasteiger charge is -2.07. The largest absolute Gasteiger partial charge is 0.507 e. The van der Waals surface area contributed by atoms with Gasteiger partial charge in [-0.2, -0.15) is 5.26 Å². The number of halogens is 1. The lowest BCUT2D eigenvalue weighted by molar-refractivity contribution is 0.0697. The molecule has 0 atom stereocenters. The summed E-state index contributed by atoms with van der Waals surface area (Å²) in [6.07, 6.45) is 0. The van der Waals surface area contributed by atoms with Crippen LogP contribution in [0.4, 0.5) is 0 Å². The van der Waals surface area contributed by atoms with E-state index >= 15 is 0 Å². The molecule has 2 rings (SSSR count). The molecule has 19 heavy (non-hydrogen) atoms. The number of aromatic hydroxyl groups is 1. The predicted molar refractivity (Wildman–Crippen MR) is 70.2 cm³/mol. The number of nitrogens with zero attached hydrogens (tertiary/aromatic N) is 1. The van der Waals surface area contributed by atoms with Crippen LogP contribution < -0.4 is 0 Å². The molecular weight excluding hydrogens is 266 g/mol. The van der Waals surface area contributed by atoms with Gasteiger partial charge in [-0.05, 0) is 23.8 Å². The van der Waals surface area contributed by atoms with Gasteiger partial charge < -0.3 is 10.2 Å². The standard InChI is InChI=1S/C14H8ClNO3/c15-12-6-13(17)11(5-10(12)7-16)8-2-1-3-9(4-8)14(18)19/h1-6,17H,(H,18,19). The van der Waals surface area contributed by atoms with E-state index in [1.807, 2.05) is 6.07 Å². The highest BCUT2D eigenvalue weighted by Gasteiger charge is 2.11. The van der Waals surface area contributed by atoms with Gasteiger partial charge in [0.1, 0.15) is 11.8 Å². The Morgan fingerprint density at radius 3 is 2.63 bits per heavy atom. The summed E-state index contributed by atoms with van der Waals surface area (Å²) in [7, 11) is 0. The molecule has 5 heteroatoms. The predicted octanol–water partition coefficient (Wildman–Crippen LogP) is 3.28. The molecule has 94 valence electrons. The van der Waals surface area contributed by atoms with Crippen LogP contribution in [0, 0.1) is 11.3 Å². The van der Waals surface area contributed by atoms with Crippen LogP contribution in [0.15, 0.2) is 36.4 Å². The van der Waals surface area contributed by atoms with E-state index in [2.05, 4.69) is 0 Å². The molecule has 2 aromatic carbocycles. The molecule has 0 aromatic heterocycles. The normalized spacial score (nSPS) is 9.89. The molecule has 4 nitrogen and oxygen atoms in total. The minimum Gasteiger partial charge on any atom is -0.507 e. The van der Waals surface area contributed by atoms with Gasteiger partial charge in [0.15, 0.2) is 0 Å². The lowest BCUT2D eigenvalue weighted by atomic mass is 10.0. The number of carboxylic acids is 1. The number of carboxylic acid groups (broad SMARTS) is 1. The van der Waals surface area contributed by atoms with Crippen molar-refractivity contribution in [2.24, 2.45) is 0 Å². The van der Waals surface area contributed by atoms with Gasteiger partial charge in [-0.3, -0.25) is 0 Å². The van der Waals surface area contributed by atoms with Crippen LogP contribution in [-0.4, -0.2) is 16.2 Å². The maximum Gasteiger partial charge on any atom is 0.335 e. The molecule has 0 bridgehead atoms. The zero-order valence-electron chi connectivity index (χ0n) is 9.59. The van der Waals surface area contributed by atoms with E-state index in [9.17, 15) is 9.90 Å². The minimum absolute atomic E-state index is 0.102. The van der Waals surface area contributed by atoms with Crippen LogP contribution in [-0.2, 0) is 0 Å². The smallest absolute Gasteiger partial charge is 0.335 e. The molecule has 0 fully saturated rings. The third-order valence-corrected chi connectivity index (χ3v) is 2.94. The topological polar surface area (TPSA) is 81.3 Å². The van der Waals surface area contributed by atoms with Crippen molar-refractivity contribution in [3.8, 4) is 22.9 Å². The molecule has 0 aliphatic carbocycles. The van der Waals surface area contributed by atoms with Crippen molar-refractivity contribution >= 4 is 17.6 Å². The van der Waals surface area contributed by atoms with Crippen LogP contribution in [0.25, 0.3) is 11.1 Å². The van der Waals surface area contributed by atoms with E-state index in [-0.39, 0.29) is 21.9 Å². The van der Waals surface area contributed by atoms with Crippen molar-refractivity contribution in [2.75, 3.05) is 0 Å². The van der Waals surface area contributed by atoms with Crippen LogP contribution in [0.3, 0.4) is 0 Å². The number of phenols is 1. The van der Waals surface area contributed by atoms with E-state index in [0.29, 0.717) is 11.1 Å². The van der Waals surface area contributed by atoms with Crippen molar-refractivity contribution in [2.45, 2.75) is 0 Å². The van der Waals surface area contributed by atoms with E-state index in [1.54, 1.807) is 12.1 Å². The Hall–Kier alpha value is -2.51. The third-order valence-electron chi connectivity index (χ3n) is 2.63. The first-order valence-corrected chi connectivity index (χ1v) is 5.67. The van der Waals surface area contributed by atoms with Gasteiger partial charge in [0.25, 0.3) is 0 Å². The summed E-state index contributed by atoms with van der Waals surface area (Å²) in [5, 5.41) is 27.9. The molecule has 0 aliphatic heterocycles. The summed E-state index contributed by atoms with van der Waals surface area (Å²) in [4.78, 5) is 10.9. The number of phenolic OH excluding ortho intramolecular Hbond substituents is 1. The Labute approximate surface area is 114 Å². The summed E-state index contributed by atoms with van der Waals surface area (Å²) in [5.41, 5.74) is 1.19. The Bertz CT molecular complexity index is 704. The monoisotopic (exact) mass is 273 g/mol. The van der Waals surface area contributed by atoms with Crippen LogP contribution >= 0.6 is 11.6 Å². The van der Waals surface area contributed by atoms with Crippen molar-refractivity contribution in [1.82, 2.24) is 0 Å². The number of nitriles is 1. The number of hydrogen-bond donors (Lipinski definition) is 2. The minimum atomic E-state index is -1.06. The Morgan fingerprint density at radius 1 is 1.26 bits per heavy atom. The van der Waals surface area contributed by atoms with Crippen molar-refractivity contribution in [1.29, 1.82) is 5.26 Å². The van der Waals surface area contributed by atoms with Crippen LogP contribution in [0.1, 0.15) is 15.9 Å². The molecule has 2 aromatic rings. The number of aromatic carboxylic acids is 1. The molecule has 0 saturated carbocycles. The summed E-state index contributed by atoms with van der Waals surface area (Å²) in [6.45, 7) is 0. The van der Waals surface area contributed by atoms with Gasteiger partial charge in [-0.25, -0.2) is 4.79 Å². The fourth-order valence-electron chi connectivity index (χ4n) is 1.70. The highest BCUT2D eigenvalue weighted by atomic mass is 35.5. The molecule has 0 spiro atoms. The Balaban J connectivity index is 2.62. The average Bonchev–Trinajstić information content (AvgIpc) is 2.39. The zero-order valence-corrected chi connectivity index (χ0v) is 10.3. The zero-order chi connectivity index (χ0) is 14.0. The second-order valence-corrected chi connectivity index (χ2v) is 4.25. The van der Waals surface area contributed by atoms with Gasteiger partial charge in [0, 0.05) is 11.6 Å². The summed E-state index contributed by atoms with van der Waals surface area (Å²) in [6, 6.07) is 10.7. The van der Waals surface area contributed by atoms with E-state index in [4.69, 9.17) is 22.0 Å². The summed E-state index contributed by atoms with van der Waals surface area (Å²) in [5.74, 6) is -1.16. The van der Waals surface area contributed by atoms with Crippen molar-refractivity contribution < 1.29 is 15.0 Å². The maximum atomic E-state index is 10.9. The van der Waals surface area contributed by atoms with Crippen molar-refractivity contribution in [3.63, 3.8) is 0 Å². The number of rotatable bonds is 2. The molecule has 0 radical (unpaired) electrons. The number of carbonyl (C=O) groups is 1. The third kappa shape index (κ3) is 2.51. The molecule has 0 aliphatic rings. The summed E-state index contributed by atoms with van der Waals surface area (Å²) >= 11 is 5.79. The Kier molecular flexibility index (Phi) is 3.41. The van der Waals surface area contributed by atoms with Gasteiger partial charge in [-0.15, -0.1) is 0 Å². The van der Waals surface area contributed by atoms with Gasteiger partial charge in [-0.1, -0.05) is 23.7 Å². The van der Waals surface area contributed by atoms with Gasteiger partial charge in [0.2, 0.25) is 0 Å². The van der Waals surface area contributed by atoms with Gasteiger partial charge >= 0.3 is 5.97 Å². The van der Waals surface area contributed by atoms with E-state index in [1.165, 1.54) is 24.3 Å². The fourth-order valence-corrected chi connectivity index (χ4v) is 1.90. The SMILES string of the molecule is N#Cc1cc(-c2cccc(C(=O)O)c2)c(O)cc1Cl. The average molecular weight is 274 g/mol. The quantitative estimate of drug-likeness (QED) is 0.880. The molecule has 0 saturated heterocycles. The second kappa shape index (κ2) is 5.01. The first kappa shape index (κ1) is 12.9. The second-order valence-electron chi connectivity index (χ2n) is 3.85. The molecule has 0 heterocycles. The number of hydrogen-bond acceptors (Lipinski definition) is 3. The highest BCUT2D eigenvalue weighted by molar-refractivity contribution is 6.32. The first-order chi connectivity index (χ1) is 9.02. The molecule has 0 amide bonds. The van der Waals surface area contributed by atoms with Gasteiger partial charge in [0.05, 0.1) is 16.1 Å². The maximum absolute atomic E-state index is 10.9. The van der Waals surface area contributed by atoms with Crippen LogP contribution in [0.5, 0.6) is 5.75 Å². The number of benzene rings is 2.